The van der Waals surface area contributed by atoms with Crippen LogP contribution >= 0.6 is 11.3 Å². The molecule has 0 aliphatic heterocycles. The Bertz CT molecular complexity index is 568. The number of aliphatic imine (C=N–C) groups is 1. The van der Waals surface area contributed by atoms with E-state index in [2.05, 4.69) is 10.4 Å². The van der Waals surface area contributed by atoms with Crippen LogP contribution in [0.1, 0.15) is 4.88 Å². The second-order valence-corrected chi connectivity index (χ2v) is 4.41. The third-order valence-corrected chi connectivity index (χ3v) is 3.14. The quantitative estimate of drug-likeness (QED) is 0.388. The van der Waals surface area contributed by atoms with Crippen molar-refractivity contribution in [3.63, 3.8) is 0 Å². The summed E-state index contributed by atoms with van der Waals surface area (Å²) in [6, 6.07) is 10.3. The van der Waals surface area contributed by atoms with E-state index in [4.69, 9.17) is 10.6 Å². The van der Waals surface area contributed by atoms with Crippen LogP contribution in [-0.4, -0.2) is 12.9 Å². The molecule has 1 heterocycles. The Kier molecular flexibility index (Phi) is 3.91. The maximum Gasteiger partial charge on any atom is 0.177 e. The SMILES string of the molecule is COc1ccccc1/N=C(\NN)c1ccc(F)s1. The number of ether oxygens (including phenoxy) is 1. The molecule has 0 bridgehead atoms. The van der Waals surface area contributed by atoms with E-state index in [1.807, 2.05) is 12.1 Å². The van der Waals surface area contributed by atoms with Gasteiger partial charge in [0.15, 0.2) is 11.0 Å². The summed E-state index contributed by atoms with van der Waals surface area (Å²) in [5.41, 5.74) is 3.10. The molecule has 0 saturated carbocycles. The van der Waals surface area contributed by atoms with Gasteiger partial charge in [-0.3, -0.25) is 0 Å². The van der Waals surface area contributed by atoms with Crippen LogP contribution in [-0.2, 0) is 0 Å². The fourth-order valence-corrected chi connectivity index (χ4v) is 2.13. The summed E-state index contributed by atoms with van der Waals surface area (Å²) in [4.78, 5) is 4.96. The molecule has 0 fully saturated rings. The summed E-state index contributed by atoms with van der Waals surface area (Å²) in [6.07, 6.45) is 0. The highest BCUT2D eigenvalue weighted by Crippen LogP contribution is 2.27. The van der Waals surface area contributed by atoms with Crippen molar-refractivity contribution in [3.05, 3.63) is 46.4 Å². The van der Waals surface area contributed by atoms with E-state index in [1.165, 1.54) is 6.07 Å². The predicted molar refractivity (Wildman–Crippen MR) is 70.8 cm³/mol. The van der Waals surface area contributed by atoms with Crippen LogP contribution in [0.4, 0.5) is 10.1 Å². The molecule has 0 unspecified atom stereocenters. The van der Waals surface area contributed by atoms with Gasteiger partial charge in [-0.05, 0) is 24.3 Å². The minimum absolute atomic E-state index is 0.284. The highest BCUT2D eigenvalue weighted by molar-refractivity contribution is 7.12. The van der Waals surface area contributed by atoms with Gasteiger partial charge in [0.1, 0.15) is 11.4 Å². The van der Waals surface area contributed by atoms with Crippen LogP contribution in [0.15, 0.2) is 41.4 Å². The monoisotopic (exact) mass is 265 g/mol. The molecular weight excluding hydrogens is 253 g/mol. The smallest absolute Gasteiger partial charge is 0.177 e. The number of methoxy groups -OCH3 is 1. The van der Waals surface area contributed by atoms with Gasteiger partial charge in [0, 0.05) is 0 Å². The molecule has 4 nitrogen and oxygen atoms in total. The summed E-state index contributed by atoms with van der Waals surface area (Å²) < 4.78 is 18.2. The lowest BCUT2D eigenvalue weighted by Crippen LogP contribution is -2.30. The molecular formula is C12H12FN3OS. The van der Waals surface area contributed by atoms with E-state index in [9.17, 15) is 4.39 Å². The standard InChI is InChI=1S/C12H12FN3OS/c1-17-9-5-3-2-4-8(9)15-12(16-14)10-6-7-11(13)18-10/h2-7H,14H2,1H3,(H,15,16). The number of thiophene rings is 1. The van der Waals surface area contributed by atoms with Crippen LogP contribution in [0.2, 0.25) is 0 Å². The fourth-order valence-electron chi connectivity index (χ4n) is 1.44. The van der Waals surface area contributed by atoms with Crippen LogP contribution in [0.3, 0.4) is 0 Å². The van der Waals surface area contributed by atoms with Crippen LogP contribution in [0.5, 0.6) is 5.75 Å². The fraction of sp³-hybridized carbons (Fsp3) is 0.0833. The van der Waals surface area contributed by atoms with Crippen molar-refractivity contribution in [1.82, 2.24) is 5.43 Å². The molecule has 0 aliphatic rings. The van der Waals surface area contributed by atoms with Gasteiger partial charge < -0.3 is 10.2 Å². The molecule has 94 valence electrons. The van der Waals surface area contributed by atoms with Gasteiger partial charge in [0.05, 0.1) is 12.0 Å². The lowest BCUT2D eigenvalue weighted by atomic mass is 10.3. The van der Waals surface area contributed by atoms with Gasteiger partial charge in [-0.1, -0.05) is 12.1 Å². The van der Waals surface area contributed by atoms with Gasteiger partial charge >= 0.3 is 0 Å². The zero-order chi connectivity index (χ0) is 13.0. The number of nitrogens with two attached hydrogens (primary N) is 1. The maximum absolute atomic E-state index is 13.0. The molecule has 2 aromatic rings. The van der Waals surface area contributed by atoms with Crippen molar-refractivity contribution < 1.29 is 9.13 Å². The van der Waals surface area contributed by atoms with Crippen molar-refractivity contribution in [1.29, 1.82) is 0 Å². The Labute approximate surface area is 108 Å². The normalized spacial score (nSPS) is 11.4. The number of rotatable bonds is 3. The number of benzene rings is 1. The number of halogens is 1. The summed E-state index contributed by atoms with van der Waals surface area (Å²) in [7, 11) is 1.56. The summed E-state index contributed by atoms with van der Waals surface area (Å²) in [5.74, 6) is 6.44. The molecule has 0 aliphatic carbocycles. The van der Waals surface area contributed by atoms with E-state index in [0.717, 1.165) is 11.3 Å². The van der Waals surface area contributed by atoms with Crippen molar-refractivity contribution in [2.45, 2.75) is 0 Å². The van der Waals surface area contributed by atoms with Gasteiger partial charge in [0.2, 0.25) is 0 Å². The number of hydrogen-bond donors (Lipinski definition) is 2. The van der Waals surface area contributed by atoms with Crippen LogP contribution in [0.25, 0.3) is 0 Å². The molecule has 0 spiro atoms. The second kappa shape index (κ2) is 5.61. The average Bonchev–Trinajstić information content (AvgIpc) is 2.83. The molecule has 6 heteroatoms. The Morgan fingerprint density at radius 2 is 2.11 bits per heavy atom. The Morgan fingerprint density at radius 3 is 2.72 bits per heavy atom. The van der Waals surface area contributed by atoms with E-state index in [0.29, 0.717) is 22.1 Å². The van der Waals surface area contributed by atoms with Crippen LogP contribution in [0, 0.1) is 5.13 Å². The predicted octanol–water partition coefficient (Wildman–Crippen LogP) is 2.44. The highest BCUT2D eigenvalue weighted by Gasteiger charge is 2.08. The minimum atomic E-state index is -0.284. The maximum atomic E-state index is 13.0. The van der Waals surface area contributed by atoms with E-state index in [1.54, 1.807) is 25.3 Å². The molecule has 0 radical (unpaired) electrons. The number of amidine groups is 1. The molecule has 1 aromatic carbocycles. The Balaban J connectivity index is 2.40. The molecule has 0 amide bonds. The number of nitrogens with one attached hydrogen (secondary N) is 1. The summed E-state index contributed by atoms with van der Waals surface area (Å²) in [6.45, 7) is 0. The first-order valence-electron chi connectivity index (χ1n) is 5.18. The number of nitrogens with zero attached hydrogens (tertiary/aromatic N) is 1. The first kappa shape index (κ1) is 12.5. The first-order valence-corrected chi connectivity index (χ1v) is 6.00. The molecule has 18 heavy (non-hydrogen) atoms. The topological polar surface area (TPSA) is 59.6 Å². The minimum Gasteiger partial charge on any atom is -0.494 e. The lowest BCUT2D eigenvalue weighted by Gasteiger charge is -2.06. The van der Waals surface area contributed by atoms with Crippen molar-refractivity contribution >= 4 is 22.9 Å². The average molecular weight is 265 g/mol. The van der Waals surface area contributed by atoms with Gasteiger partial charge in [-0.25, -0.2) is 10.8 Å². The van der Waals surface area contributed by atoms with Crippen molar-refractivity contribution in [2.24, 2.45) is 10.8 Å². The van der Waals surface area contributed by atoms with Crippen molar-refractivity contribution in [2.75, 3.05) is 7.11 Å². The van der Waals surface area contributed by atoms with Gasteiger partial charge in [0.25, 0.3) is 0 Å². The van der Waals surface area contributed by atoms with E-state index in [-0.39, 0.29) is 5.13 Å². The molecule has 0 saturated heterocycles. The second-order valence-electron chi connectivity index (χ2n) is 3.38. The third-order valence-electron chi connectivity index (χ3n) is 2.26. The molecule has 0 atom stereocenters. The zero-order valence-corrected chi connectivity index (χ0v) is 10.5. The third kappa shape index (κ3) is 2.66. The van der Waals surface area contributed by atoms with Crippen molar-refractivity contribution in [3.8, 4) is 5.75 Å². The molecule has 1 aromatic heterocycles. The van der Waals surface area contributed by atoms with E-state index < -0.39 is 0 Å². The summed E-state index contributed by atoms with van der Waals surface area (Å²) in [5, 5.41) is -0.284. The summed E-state index contributed by atoms with van der Waals surface area (Å²) >= 11 is 0.972. The Morgan fingerprint density at radius 1 is 1.33 bits per heavy atom. The van der Waals surface area contributed by atoms with Crippen LogP contribution < -0.4 is 16.0 Å². The molecule has 3 N–H and O–H groups in total. The number of hydrogen-bond acceptors (Lipinski definition) is 4. The van der Waals surface area contributed by atoms with Gasteiger partial charge in [-0.2, -0.15) is 4.39 Å². The number of hydrazine groups is 1. The van der Waals surface area contributed by atoms with Gasteiger partial charge in [-0.15, -0.1) is 11.3 Å². The Hall–Kier alpha value is -1.92. The largest absolute Gasteiger partial charge is 0.494 e. The lowest BCUT2D eigenvalue weighted by molar-refractivity contribution is 0.416. The first-order chi connectivity index (χ1) is 8.74. The molecule has 2 rings (SSSR count). The van der Waals surface area contributed by atoms with E-state index >= 15 is 0 Å². The number of para-hydroxylation sites is 2. The highest BCUT2D eigenvalue weighted by atomic mass is 32.1. The zero-order valence-electron chi connectivity index (χ0n) is 9.68.